The number of rotatable bonds is 8. The van der Waals surface area contributed by atoms with Crippen molar-refractivity contribution in [3.63, 3.8) is 0 Å². The highest BCUT2D eigenvalue weighted by atomic mass is 35.5. The van der Waals surface area contributed by atoms with Crippen molar-refractivity contribution in [2.24, 2.45) is 0 Å². The molecule has 0 aliphatic carbocycles. The summed E-state index contributed by atoms with van der Waals surface area (Å²) >= 11 is 6.44. The van der Waals surface area contributed by atoms with Crippen LogP contribution in [0.5, 0.6) is 0 Å². The number of aliphatic hydroxyl groups is 1. The Balaban J connectivity index is 1.39. The van der Waals surface area contributed by atoms with E-state index >= 15 is 0 Å². The first-order chi connectivity index (χ1) is 19.2. The van der Waals surface area contributed by atoms with Crippen LogP contribution in [0.2, 0.25) is 5.02 Å². The lowest BCUT2D eigenvalue weighted by Crippen LogP contribution is -2.39. The maximum atomic E-state index is 13.4. The number of benzene rings is 1. The van der Waals surface area contributed by atoms with Crippen LogP contribution in [0.1, 0.15) is 48.5 Å². The molecule has 0 saturated carbocycles. The number of aromatic nitrogens is 5. The Hall–Kier alpha value is -3.80. The summed E-state index contributed by atoms with van der Waals surface area (Å²) in [6.07, 6.45) is 6.24. The molecule has 1 saturated heterocycles. The maximum absolute atomic E-state index is 13.4. The molecule has 5 rings (SSSR count). The van der Waals surface area contributed by atoms with E-state index < -0.39 is 23.6 Å². The summed E-state index contributed by atoms with van der Waals surface area (Å²) in [5, 5.41) is 20.8. The van der Waals surface area contributed by atoms with Gasteiger partial charge in [0.15, 0.2) is 0 Å². The molecule has 1 aliphatic rings. The largest absolute Gasteiger partial charge is 0.394 e. The number of anilines is 1. The van der Waals surface area contributed by atoms with Crippen LogP contribution in [0, 0.1) is 13.8 Å². The minimum absolute atomic E-state index is 0.206. The molecule has 4 aromatic rings. The van der Waals surface area contributed by atoms with Gasteiger partial charge in [0.2, 0.25) is 11.9 Å². The van der Waals surface area contributed by atoms with E-state index in [2.05, 4.69) is 25.7 Å². The van der Waals surface area contributed by atoms with Gasteiger partial charge in [0.25, 0.3) is 5.56 Å². The van der Waals surface area contributed by atoms with E-state index in [1.165, 1.54) is 21.6 Å². The fourth-order valence-corrected chi connectivity index (χ4v) is 5.14. The molecule has 40 heavy (non-hydrogen) atoms. The lowest BCUT2D eigenvalue weighted by Gasteiger charge is -2.23. The Morgan fingerprint density at radius 3 is 2.62 bits per heavy atom. The first-order valence-electron chi connectivity index (χ1n) is 13.2. The molecule has 2 atom stereocenters. The van der Waals surface area contributed by atoms with Gasteiger partial charge in [-0.1, -0.05) is 40.9 Å². The van der Waals surface area contributed by atoms with Gasteiger partial charge in [-0.15, -0.1) is 0 Å². The van der Waals surface area contributed by atoms with Crippen molar-refractivity contribution in [1.29, 1.82) is 0 Å². The van der Waals surface area contributed by atoms with Gasteiger partial charge in [-0.2, -0.15) is 5.10 Å². The SMILES string of the molecule is Cc1cc(C)cc([C@@H](CO)NC(=O)[C@@H](C)n2cnn3cc(-c4nc(NC5CCOCC5)ncc4Cl)cc3c2=O)c1. The highest BCUT2D eigenvalue weighted by Gasteiger charge is 2.23. The number of ether oxygens (including phenoxy) is 1. The van der Waals surface area contributed by atoms with Gasteiger partial charge < -0.3 is 20.5 Å². The lowest BCUT2D eigenvalue weighted by molar-refractivity contribution is -0.125. The zero-order valence-electron chi connectivity index (χ0n) is 22.6. The van der Waals surface area contributed by atoms with Crippen LogP contribution >= 0.6 is 11.6 Å². The number of carbonyl (C=O) groups is 1. The summed E-state index contributed by atoms with van der Waals surface area (Å²) in [6.45, 7) is 6.62. The van der Waals surface area contributed by atoms with Crippen molar-refractivity contribution in [2.75, 3.05) is 25.1 Å². The Morgan fingerprint density at radius 2 is 1.93 bits per heavy atom. The molecule has 3 aromatic heterocycles. The van der Waals surface area contributed by atoms with Gasteiger partial charge in [-0.3, -0.25) is 14.2 Å². The molecule has 0 spiro atoms. The molecular formula is C28H32ClN7O4. The Bertz CT molecular complexity index is 1580. The Morgan fingerprint density at radius 1 is 1.20 bits per heavy atom. The molecule has 12 heteroatoms. The van der Waals surface area contributed by atoms with E-state index in [0.29, 0.717) is 35.4 Å². The van der Waals surface area contributed by atoms with Crippen LogP contribution < -0.4 is 16.2 Å². The molecule has 1 aliphatic heterocycles. The van der Waals surface area contributed by atoms with Gasteiger partial charge in [-0.05, 0) is 45.2 Å². The number of aliphatic hydroxyl groups excluding tert-OH is 1. The van der Waals surface area contributed by atoms with Crippen LogP contribution in [0.3, 0.4) is 0 Å². The molecule has 0 bridgehead atoms. The summed E-state index contributed by atoms with van der Waals surface area (Å²) in [5.41, 5.74) is 3.78. The monoisotopic (exact) mass is 565 g/mol. The van der Waals surface area contributed by atoms with Crippen molar-refractivity contribution >= 4 is 29.0 Å². The average molecular weight is 566 g/mol. The van der Waals surface area contributed by atoms with Crippen LogP contribution in [-0.2, 0) is 9.53 Å². The van der Waals surface area contributed by atoms with E-state index in [1.807, 2.05) is 32.0 Å². The van der Waals surface area contributed by atoms with Crippen molar-refractivity contribution in [1.82, 2.24) is 29.5 Å². The summed E-state index contributed by atoms with van der Waals surface area (Å²) in [5.74, 6) is 0.0281. The van der Waals surface area contributed by atoms with Gasteiger partial charge in [0, 0.05) is 31.0 Å². The predicted molar refractivity (Wildman–Crippen MR) is 152 cm³/mol. The molecular weight excluding hydrogens is 534 g/mol. The number of aryl methyl sites for hydroxylation is 2. The fourth-order valence-electron chi connectivity index (χ4n) is 4.94. The third-order valence-electron chi connectivity index (χ3n) is 7.07. The van der Waals surface area contributed by atoms with Crippen LogP contribution in [0.25, 0.3) is 16.8 Å². The zero-order valence-corrected chi connectivity index (χ0v) is 23.4. The van der Waals surface area contributed by atoms with E-state index in [9.17, 15) is 14.7 Å². The number of halogens is 1. The Labute approximate surface area is 236 Å². The number of fused-ring (bicyclic) bond motifs is 1. The lowest BCUT2D eigenvalue weighted by atomic mass is 10.0. The van der Waals surface area contributed by atoms with Gasteiger partial charge >= 0.3 is 0 Å². The second-order valence-corrected chi connectivity index (χ2v) is 10.6. The molecule has 1 aromatic carbocycles. The van der Waals surface area contributed by atoms with E-state index in [-0.39, 0.29) is 18.2 Å². The fraction of sp³-hybridized carbons (Fsp3) is 0.393. The number of hydrogen-bond donors (Lipinski definition) is 3. The quantitative estimate of drug-likeness (QED) is 0.296. The van der Waals surface area contributed by atoms with Gasteiger partial charge in [0.05, 0.1) is 29.6 Å². The maximum Gasteiger partial charge on any atom is 0.278 e. The van der Waals surface area contributed by atoms with Crippen LogP contribution in [0.15, 0.2) is 47.8 Å². The minimum Gasteiger partial charge on any atom is -0.394 e. The Kier molecular flexibility index (Phi) is 8.15. The van der Waals surface area contributed by atoms with Crippen molar-refractivity contribution < 1.29 is 14.6 Å². The summed E-state index contributed by atoms with van der Waals surface area (Å²) in [7, 11) is 0. The molecule has 11 nitrogen and oxygen atoms in total. The first kappa shape index (κ1) is 27.8. The van der Waals surface area contributed by atoms with E-state index in [0.717, 1.165) is 29.5 Å². The normalized spacial score (nSPS) is 15.6. The highest BCUT2D eigenvalue weighted by molar-refractivity contribution is 6.32. The standard InChI is InChI=1S/C28H32ClN7O4/c1-16-8-17(2)10-19(9-16)23(14-37)33-26(38)18(3)35-15-31-36-13-20(11-24(36)27(35)39)25-22(29)12-30-28(34-25)32-21-4-6-40-7-5-21/h8-13,15,18,21,23,37H,4-7,14H2,1-3H3,(H,33,38)(H,30,32,34)/t18-,23-/m1/s1. The molecule has 0 unspecified atom stereocenters. The number of carbonyl (C=O) groups excluding carboxylic acids is 1. The van der Waals surface area contributed by atoms with Gasteiger partial charge in [-0.25, -0.2) is 14.5 Å². The number of hydrogen-bond acceptors (Lipinski definition) is 8. The predicted octanol–water partition coefficient (Wildman–Crippen LogP) is 3.22. The zero-order chi connectivity index (χ0) is 28.4. The number of nitrogens with zero attached hydrogens (tertiary/aromatic N) is 5. The van der Waals surface area contributed by atoms with E-state index in [1.54, 1.807) is 19.2 Å². The van der Waals surface area contributed by atoms with Gasteiger partial charge in [0.1, 0.15) is 17.9 Å². The summed E-state index contributed by atoms with van der Waals surface area (Å²) < 4.78 is 8.12. The minimum atomic E-state index is -0.874. The van der Waals surface area contributed by atoms with Crippen molar-refractivity contribution in [2.45, 2.75) is 51.7 Å². The van der Waals surface area contributed by atoms with Crippen LogP contribution in [-0.4, -0.2) is 61.0 Å². The molecule has 210 valence electrons. The number of amides is 1. The third-order valence-corrected chi connectivity index (χ3v) is 7.35. The topological polar surface area (TPSA) is 136 Å². The van der Waals surface area contributed by atoms with Crippen molar-refractivity contribution in [3.8, 4) is 11.3 Å². The summed E-state index contributed by atoms with van der Waals surface area (Å²) in [4.78, 5) is 35.5. The smallest absolute Gasteiger partial charge is 0.278 e. The molecule has 3 N–H and O–H groups in total. The second-order valence-electron chi connectivity index (χ2n) is 10.2. The molecule has 0 radical (unpaired) electrons. The molecule has 1 amide bonds. The summed E-state index contributed by atoms with van der Waals surface area (Å²) in [6, 6.07) is 6.23. The molecule has 1 fully saturated rings. The molecule has 4 heterocycles. The van der Waals surface area contributed by atoms with Crippen LogP contribution in [0.4, 0.5) is 5.95 Å². The average Bonchev–Trinajstić information content (AvgIpc) is 3.37. The van der Waals surface area contributed by atoms with Crippen molar-refractivity contribution in [3.05, 3.63) is 75.1 Å². The second kappa shape index (κ2) is 11.7. The number of nitrogens with one attached hydrogen (secondary N) is 2. The first-order valence-corrected chi connectivity index (χ1v) is 13.6. The third kappa shape index (κ3) is 5.86. The highest BCUT2D eigenvalue weighted by Crippen LogP contribution is 2.28. The van der Waals surface area contributed by atoms with E-state index in [4.69, 9.17) is 16.3 Å².